The molecule has 2 amide bonds. The van der Waals surface area contributed by atoms with Crippen LogP contribution in [0.15, 0.2) is 12.4 Å². The molecule has 1 aliphatic carbocycles. The van der Waals surface area contributed by atoms with Crippen LogP contribution in [0, 0.1) is 12.3 Å². The van der Waals surface area contributed by atoms with Gasteiger partial charge in [0.15, 0.2) is 0 Å². The van der Waals surface area contributed by atoms with Gasteiger partial charge in [-0.25, -0.2) is 4.79 Å². The average Bonchev–Trinajstić information content (AvgIpc) is 2.79. The molecule has 1 aromatic heterocycles. The summed E-state index contributed by atoms with van der Waals surface area (Å²) in [6.07, 6.45) is 7.78. The number of carbonyl (C=O) groups excluding carboxylic acids is 1. The largest absolute Gasteiger partial charge is 0.338 e. The van der Waals surface area contributed by atoms with E-state index in [1.54, 1.807) is 12.4 Å². The Kier molecular flexibility index (Phi) is 3.80. The minimum absolute atomic E-state index is 0.00528. The lowest BCUT2D eigenvalue weighted by Gasteiger charge is -2.41. The highest BCUT2D eigenvalue weighted by molar-refractivity contribution is 5.74. The fourth-order valence-electron chi connectivity index (χ4n) is 3.27. The average molecular weight is 289 g/mol. The molecule has 1 aromatic rings. The predicted octanol–water partition coefficient (Wildman–Crippen LogP) is 0.850. The van der Waals surface area contributed by atoms with E-state index in [1.807, 2.05) is 11.8 Å². The molecule has 21 heavy (non-hydrogen) atoms. The third-order valence-corrected chi connectivity index (χ3v) is 4.84. The molecule has 2 fully saturated rings. The highest BCUT2D eigenvalue weighted by Crippen LogP contribution is 2.47. The second kappa shape index (κ2) is 5.60. The first-order valence-electron chi connectivity index (χ1n) is 7.65. The highest BCUT2D eigenvalue weighted by atomic mass is 16.2. The van der Waals surface area contributed by atoms with Crippen LogP contribution in [-0.4, -0.2) is 46.6 Å². The summed E-state index contributed by atoms with van der Waals surface area (Å²) in [7, 11) is 0. The van der Waals surface area contributed by atoms with Crippen molar-refractivity contribution in [3.63, 3.8) is 0 Å². The molecule has 6 heteroatoms. The molecule has 1 atom stereocenters. The molecular formula is C15H23N5O. The van der Waals surface area contributed by atoms with E-state index in [0.717, 1.165) is 30.8 Å². The maximum absolute atomic E-state index is 12.2. The fourth-order valence-corrected chi connectivity index (χ4v) is 3.27. The minimum atomic E-state index is -0.00528. The highest BCUT2D eigenvalue weighted by Gasteiger charge is 2.49. The van der Waals surface area contributed by atoms with E-state index in [2.05, 4.69) is 15.3 Å². The monoisotopic (exact) mass is 289 g/mol. The summed E-state index contributed by atoms with van der Waals surface area (Å²) in [6.45, 7) is 3.97. The van der Waals surface area contributed by atoms with Crippen molar-refractivity contribution in [2.75, 3.05) is 19.6 Å². The van der Waals surface area contributed by atoms with Crippen LogP contribution in [0.25, 0.3) is 0 Å². The zero-order valence-electron chi connectivity index (χ0n) is 12.5. The normalized spacial score (nSPS) is 23.1. The van der Waals surface area contributed by atoms with Crippen molar-refractivity contribution in [3.8, 4) is 0 Å². The second-order valence-corrected chi connectivity index (χ2v) is 6.33. The lowest BCUT2D eigenvalue weighted by Crippen LogP contribution is -2.45. The first kappa shape index (κ1) is 14.3. The van der Waals surface area contributed by atoms with Crippen LogP contribution in [0.4, 0.5) is 4.79 Å². The number of likely N-dealkylation sites (tertiary alicyclic amines) is 1. The number of hydrogen-bond acceptors (Lipinski definition) is 4. The number of rotatable bonds is 3. The number of hydrogen-bond donors (Lipinski definition) is 2. The van der Waals surface area contributed by atoms with Crippen molar-refractivity contribution in [1.82, 2.24) is 20.2 Å². The van der Waals surface area contributed by atoms with E-state index in [9.17, 15) is 4.79 Å². The van der Waals surface area contributed by atoms with E-state index < -0.39 is 0 Å². The Labute approximate surface area is 125 Å². The van der Waals surface area contributed by atoms with Gasteiger partial charge in [0, 0.05) is 49.9 Å². The molecule has 0 bridgehead atoms. The summed E-state index contributed by atoms with van der Waals surface area (Å²) in [5.74, 6) is 0. The quantitative estimate of drug-likeness (QED) is 0.864. The Morgan fingerprint density at radius 1 is 1.48 bits per heavy atom. The van der Waals surface area contributed by atoms with Gasteiger partial charge in [0.25, 0.3) is 0 Å². The molecule has 0 radical (unpaired) electrons. The number of nitrogens with one attached hydrogen (secondary N) is 1. The standard InChI is InChI=1S/C15H23N5O/c1-11-7-19-12(8-18-11)3-6-17-14(21)20-9-13(16)15(10-20)4-2-5-15/h7-8,13H,2-6,9-10,16H2,1H3,(H,17,21). The second-order valence-electron chi connectivity index (χ2n) is 6.33. The Bertz CT molecular complexity index is 511. The molecule has 1 unspecified atom stereocenters. The van der Waals surface area contributed by atoms with Gasteiger partial charge in [-0.3, -0.25) is 9.97 Å². The van der Waals surface area contributed by atoms with Crippen LogP contribution in [0.1, 0.15) is 30.7 Å². The van der Waals surface area contributed by atoms with E-state index >= 15 is 0 Å². The van der Waals surface area contributed by atoms with Gasteiger partial charge in [0.1, 0.15) is 0 Å². The van der Waals surface area contributed by atoms with Gasteiger partial charge < -0.3 is 16.0 Å². The lowest BCUT2D eigenvalue weighted by atomic mass is 9.66. The molecule has 3 rings (SSSR count). The molecule has 1 saturated carbocycles. The zero-order chi connectivity index (χ0) is 14.9. The molecular weight excluding hydrogens is 266 g/mol. The third kappa shape index (κ3) is 2.85. The maximum Gasteiger partial charge on any atom is 0.317 e. The fraction of sp³-hybridized carbons (Fsp3) is 0.667. The van der Waals surface area contributed by atoms with Crippen LogP contribution in [-0.2, 0) is 6.42 Å². The van der Waals surface area contributed by atoms with E-state index in [4.69, 9.17) is 5.73 Å². The van der Waals surface area contributed by atoms with E-state index in [-0.39, 0.29) is 17.5 Å². The van der Waals surface area contributed by atoms with Gasteiger partial charge >= 0.3 is 6.03 Å². The lowest BCUT2D eigenvalue weighted by molar-refractivity contribution is 0.125. The van der Waals surface area contributed by atoms with Gasteiger partial charge in [-0.2, -0.15) is 0 Å². The number of nitrogens with two attached hydrogens (primary N) is 1. The topological polar surface area (TPSA) is 84.1 Å². The number of amides is 2. The Hall–Kier alpha value is -1.69. The molecule has 2 heterocycles. The van der Waals surface area contributed by atoms with Gasteiger partial charge in [0.05, 0.1) is 11.4 Å². The van der Waals surface area contributed by atoms with Crippen LogP contribution < -0.4 is 11.1 Å². The third-order valence-electron chi connectivity index (χ3n) is 4.84. The minimum Gasteiger partial charge on any atom is -0.338 e. The Morgan fingerprint density at radius 2 is 2.29 bits per heavy atom. The number of carbonyl (C=O) groups is 1. The summed E-state index contributed by atoms with van der Waals surface area (Å²) in [5, 5.41) is 2.96. The summed E-state index contributed by atoms with van der Waals surface area (Å²) in [5.41, 5.74) is 8.21. The summed E-state index contributed by atoms with van der Waals surface area (Å²) >= 11 is 0. The van der Waals surface area contributed by atoms with E-state index in [1.165, 1.54) is 6.42 Å². The van der Waals surface area contributed by atoms with Crippen LogP contribution in [0.3, 0.4) is 0 Å². The molecule has 6 nitrogen and oxygen atoms in total. The predicted molar refractivity (Wildman–Crippen MR) is 79.7 cm³/mol. The molecule has 1 aliphatic heterocycles. The molecule has 0 aromatic carbocycles. The van der Waals surface area contributed by atoms with E-state index in [0.29, 0.717) is 19.5 Å². The van der Waals surface area contributed by atoms with Crippen molar-refractivity contribution in [1.29, 1.82) is 0 Å². The summed E-state index contributed by atoms with van der Waals surface area (Å²) in [4.78, 5) is 22.5. The SMILES string of the molecule is Cc1cnc(CCNC(=O)N2CC(N)C3(CCC3)C2)cn1. The maximum atomic E-state index is 12.2. The van der Waals surface area contributed by atoms with Crippen molar-refractivity contribution >= 4 is 6.03 Å². The molecule has 1 spiro atoms. The smallest absolute Gasteiger partial charge is 0.317 e. The molecule has 2 aliphatic rings. The summed E-state index contributed by atoms with van der Waals surface area (Å²) in [6, 6.07) is 0.134. The number of aryl methyl sites for hydroxylation is 1. The Morgan fingerprint density at radius 3 is 2.86 bits per heavy atom. The summed E-state index contributed by atoms with van der Waals surface area (Å²) < 4.78 is 0. The zero-order valence-corrected chi connectivity index (χ0v) is 12.5. The van der Waals surface area contributed by atoms with Crippen molar-refractivity contribution < 1.29 is 4.79 Å². The molecule has 3 N–H and O–H groups in total. The van der Waals surface area contributed by atoms with Gasteiger partial charge in [-0.15, -0.1) is 0 Å². The Balaban J connectivity index is 1.45. The van der Waals surface area contributed by atoms with Crippen LogP contribution in [0.5, 0.6) is 0 Å². The first-order valence-corrected chi connectivity index (χ1v) is 7.65. The van der Waals surface area contributed by atoms with Crippen molar-refractivity contribution in [2.45, 2.75) is 38.6 Å². The van der Waals surface area contributed by atoms with Crippen molar-refractivity contribution in [3.05, 3.63) is 23.8 Å². The van der Waals surface area contributed by atoms with Gasteiger partial charge in [-0.1, -0.05) is 6.42 Å². The van der Waals surface area contributed by atoms with Gasteiger partial charge in [-0.05, 0) is 19.8 Å². The number of nitrogens with zero attached hydrogens (tertiary/aromatic N) is 3. The number of aromatic nitrogens is 2. The van der Waals surface area contributed by atoms with Crippen LogP contribution in [0.2, 0.25) is 0 Å². The molecule has 114 valence electrons. The van der Waals surface area contributed by atoms with Crippen molar-refractivity contribution in [2.24, 2.45) is 11.1 Å². The molecule has 1 saturated heterocycles. The van der Waals surface area contributed by atoms with Crippen LogP contribution >= 0.6 is 0 Å². The number of urea groups is 1. The first-order chi connectivity index (χ1) is 10.1. The van der Waals surface area contributed by atoms with Gasteiger partial charge in [0.2, 0.25) is 0 Å².